The molecule has 0 spiro atoms. The Balaban J connectivity index is 1.24. The molecule has 9 rings (SSSR count). The van der Waals surface area contributed by atoms with Crippen molar-refractivity contribution in [3.05, 3.63) is 151 Å². The maximum atomic E-state index is 3.93. The maximum Gasteiger partial charge on any atom is 0.124 e. The topological polar surface area (TPSA) is 17.0 Å². The first-order valence-electron chi connectivity index (χ1n) is 15.0. The molecule has 1 aliphatic heterocycles. The molecule has 0 saturated heterocycles. The van der Waals surface area contributed by atoms with Crippen LogP contribution in [0.4, 0.5) is 5.69 Å². The number of thiophene rings is 1. The van der Waals surface area contributed by atoms with Gasteiger partial charge >= 0.3 is 0 Å². The van der Waals surface area contributed by atoms with Gasteiger partial charge in [0.2, 0.25) is 0 Å². The van der Waals surface area contributed by atoms with Crippen LogP contribution in [0.5, 0.6) is 0 Å². The highest BCUT2D eigenvalue weighted by Gasteiger charge is 2.34. The van der Waals surface area contributed by atoms with Gasteiger partial charge in [0.05, 0.1) is 11.0 Å². The van der Waals surface area contributed by atoms with E-state index < -0.39 is 0 Å². The van der Waals surface area contributed by atoms with E-state index in [1.54, 1.807) is 0 Å². The molecule has 43 heavy (non-hydrogen) atoms. The van der Waals surface area contributed by atoms with Gasteiger partial charge < -0.3 is 9.88 Å². The number of hydrogen-bond donors (Lipinski definition) is 1. The van der Waals surface area contributed by atoms with Crippen molar-refractivity contribution in [3.8, 4) is 0 Å². The summed E-state index contributed by atoms with van der Waals surface area (Å²) in [6.07, 6.45) is 10.6. The van der Waals surface area contributed by atoms with Crippen LogP contribution in [-0.4, -0.2) is 4.57 Å². The van der Waals surface area contributed by atoms with Gasteiger partial charge in [-0.2, -0.15) is 0 Å². The number of nitrogens with zero attached hydrogens (tertiary/aromatic N) is 1. The Morgan fingerprint density at radius 3 is 2.37 bits per heavy atom. The molecule has 0 amide bonds. The zero-order valence-corrected chi connectivity index (χ0v) is 24.7. The predicted octanol–water partition coefficient (Wildman–Crippen LogP) is 11.2. The van der Waals surface area contributed by atoms with Crippen LogP contribution in [0.25, 0.3) is 53.1 Å². The van der Waals surface area contributed by atoms with Crippen LogP contribution in [0.3, 0.4) is 0 Å². The zero-order valence-electron chi connectivity index (χ0n) is 23.9. The van der Waals surface area contributed by atoms with Gasteiger partial charge in [-0.05, 0) is 53.5 Å². The lowest BCUT2D eigenvalue weighted by Gasteiger charge is -2.37. The smallest absolute Gasteiger partial charge is 0.124 e. The van der Waals surface area contributed by atoms with Gasteiger partial charge in [-0.1, -0.05) is 116 Å². The van der Waals surface area contributed by atoms with Crippen molar-refractivity contribution in [2.45, 2.75) is 19.5 Å². The standard InChI is InChI=1S/C40H30N2S/c1-40(23-21-27(22-24-40)26-11-3-2-4-12-26)32-25-37(41-33-16-8-5-14-30(32)33)42-34-17-9-6-15-31(34)38-35(42)20-19-29-28-13-7-10-18-36(28)43-39(29)38/h2-23,25,37,41H,24H2,1H3. The highest BCUT2D eigenvalue weighted by atomic mass is 32.1. The van der Waals surface area contributed by atoms with E-state index in [0.717, 1.165) is 6.42 Å². The van der Waals surface area contributed by atoms with Crippen LogP contribution in [0.2, 0.25) is 0 Å². The van der Waals surface area contributed by atoms with E-state index in [1.807, 2.05) is 11.3 Å². The van der Waals surface area contributed by atoms with Crippen molar-refractivity contribution >= 4 is 70.1 Å². The maximum absolute atomic E-state index is 3.93. The lowest BCUT2D eigenvalue weighted by Crippen LogP contribution is -2.26. The zero-order chi connectivity index (χ0) is 28.5. The van der Waals surface area contributed by atoms with Crippen molar-refractivity contribution < 1.29 is 0 Å². The summed E-state index contributed by atoms with van der Waals surface area (Å²) in [6.45, 7) is 2.39. The third-order valence-electron chi connectivity index (χ3n) is 9.44. The number of hydrogen-bond acceptors (Lipinski definition) is 2. The van der Waals surface area contributed by atoms with Gasteiger partial charge in [-0.3, -0.25) is 0 Å². The molecule has 206 valence electrons. The van der Waals surface area contributed by atoms with Crippen molar-refractivity contribution in [2.75, 3.05) is 5.32 Å². The van der Waals surface area contributed by atoms with E-state index in [9.17, 15) is 0 Å². The molecule has 0 fully saturated rings. The van der Waals surface area contributed by atoms with Gasteiger partial charge in [-0.15, -0.1) is 11.3 Å². The van der Waals surface area contributed by atoms with Gasteiger partial charge in [0.15, 0.2) is 0 Å². The lowest BCUT2D eigenvalue weighted by molar-refractivity contribution is 0.570. The summed E-state index contributed by atoms with van der Waals surface area (Å²) in [5, 5.41) is 9.27. The fourth-order valence-corrected chi connectivity index (χ4v) is 8.53. The molecular weight excluding hydrogens is 541 g/mol. The van der Waals surface area contributed by atoms with E-state index in [-0.39, 0.29) is 11.6 Å². The van der Waals surface area contributed by atoms with E-state index in [4.69, 9.17) is 0 Å². The van der Waals surface area contributed by atoms with Crippen LogP contribution < -0.4 is 5.32 Å². The second kappa shape index (κ2) is 9.32. The minimum Gasteiger partial charge on any atom is -0.361 e. The molecular formula is C40H30N2S. The molecule has 2 atom stereocenters. The highest BCUT2D eigenvalue weighted by molar-refractivity contribution is 7.26. The third kappa shape index (κ3) is 3.71. The summed E-state index contributed by atoms with van der Waals surface area (Å²) >= 11 is 1.91. The quantitative estimate of drug-likeness (QED) is 0.224. The van der Waals surface area contributed by atoms with Crippen LogP contribution >= 0.6 is 11.3 Å². The molecule has 7 aromatic rings. The fourth-order valence-electron chi connectivity index (χ4n) is 7.27. The Hall–Kier alpha value is -4.86. The minimum atomic E-state index is -0.119. The fraction of sp³-hybridized carbons (Fsp3) is 0.100. The van der Waals surface area contributed by atoms with Crippen molar-refractivity contribution in [1.29, 1.82) is 0 Å². The molecule has 3 heteroatoms. The highest BCUT2D eigenvalue weighted by Crippen LogP contribution is 2.50. The summed E-state index contributed by atoms with van der Waals surface area (Å²) in [7, 11) is 0. The number of benzene rings is 5. The van der Waals surface area contributed by atoms with Crippen LogP contribution in [0, 0.1) is 5.41 Å². The molecule has 1 N–H and O–H groups in total. The second-order valence-corrected chi connectivity index (χ2v) is 13.1. The van der Waals surface area contributed by atoms with E-state index in [2.05, 4.69) is 156 Å². The SMILES string of the molecule is CC1(C2=CC(n3c4ccccc4c4c5sc6ccccc6c5ccc43)Nc3ccccc32)C=CC(c2ccccc2)=CC1. The molecule has 0 saturated carbocycles. The number of rotatable bonds is 3. The summed E-state index contributed by atoms with van der Waals surface area (Å²) in [6, 6.07) is 41.9. The Labute approximate surface area is 254 Å². The Bertz CT molecular complexity index is 2310. The molecule has 5 aromatic carbocycles. The first-order valence-corrected chi connectivity index (χ1v) is 15.9. The first-order chi connectivity index (χ1) is 21.2. The van der Waals surface area contributed by atoms with Crippen molar-refractivity contribution in [3.63, 3.8) is 0 Å². The number of nitrogens with one attached hydrogen (secondary N) is 1. The number of aromatic nitrogens is 1. The second-order valence-electron chi connectivity index (χ2n) is 12.0. The molecule has 2 aliphatic rings. The first kappa shape index (κ1) is 24.7. The summed E-state index contributed by atoms with van der Waals surface area (Å²) in [5.41, 5.74) is 8.82. The van der Waals surface area contributed by atoms with E-state index >= 15 is 0 Å². The Kier molecular flexibility index (Phi) is 5.36. The van der Waals surface area contributed by atoms with Crippen LogP contribution in [0.15, 0.2) is 140 Å². The summed E-state index contributed by atoms with van der Waals surface area (Å²) < 4.78 is 5.23. The number of fused-ring (bicyclic) bond motifs is 8. The predicted molar refractivity (Wildman–Crippen MR) is 186 cm³/mol. The van der Waals surface area contributed by atoms with Crippen molar-refractivity contribution in [2.24, 2.45) is 5.41 Å². The van der Waals surface area contributed by atoms with Crippen molar-refractivity contribution in [1.82, 2.24) is 4.57 Å². The van der Waals surface area contributed by atoms with Gasteiger partial charge in [0.1, 0.15) is 6.17 Å². The molecule has 3 heterocycles. The van der Waals surface area contributed by atoms with Crippen LogP contribution in [0.1, 0.15) is 30.6 Å². The largest absolute Gasteiger partial charge is 0.361 e. The molecule has 1 aliphatic carbocycles. The minimum absolute atomic E-state index is 0.0242. The third-order valence-corrected chi connectivity index (χ3v) is 10.6. The van der Waals surface area contributed by atoms with E-state index in [0.29, 0.717) is 0 Å². The Morgan fingerprint density at radius 1 is 0.744 bits per heavy atom. The Morgan fingerprint density at radius 2 is 1.51 bits per heavy atom. The monoisotopic (exact) mass is 570 g/mol. The summed E-state index contributed by atoms with van der Waals surface area (Å²) in [5.74, 6) is 0. The lowest BCUT2D eigenvalue weighted by atomic mass is 9.71. The molecule has 2 aromatic heterocycles. The van der Waals surface area contributed by atoms with Gasteiger partial charge in [-0.25, -0.2) is 0 Å². The summed E-state index contributed by atoms with van der Waals surface area (Å²) in [4.78, 5) is 0. The average molecular weight is 571 g/mol. The van der Waals surface area contributed by atoms with Gasteiger partial charge in [0, 0.05) is 47.6 Å². The number of allylic oxidation sites excluding steroid dienone is 5. The molecule has 0 bridgehead atoms. The van der Waals surface area contributed by atoms with E-state index in [1.165, 1.54) is 69.9 Å². The molecule has 2 nitrogen and oxygen atoms in total. The normalized spacial score (nSPS) is 19.9. The number of para-hydroxylation sites is 2. The molecule has 2 unspecified atom stereocenters. The number of anilines is 1. The average Bonchev–Trinajstić information content (AvgIpc) is 3.61. The van der Waals surface area contributed by atoms with Gasteiger partial charge in [0.25, 0.3) is 0 Å². The molecule has 0 radical (unpaired) electrons. The van der Waals surface area contributed by atoms with Crippen LogP contribution in [-0.2, 0) is 0 Å².